The first-order valence-electron chi connectivity index (χ1n) is 6.55. The van der Waals surface area contributed by atoms with Crippen LogP contribution in [0.1, 0.15) is 11.3 Å². The van der Waals surface area contributed by atoms with Crippen molar-refractivity contribution in [2.45, 2.75) is 13.2 Å². The van der Waals surface area contributed by atoms with Crippen molar-refractivity contribution >= 4 is 12.0 Å². The van der Waals surface area contributed by atoms with Crippen molar-refractivity contribution in [2.24, 2.45) is 0 Å². The van der Waals surface area contributed by atoms with Crippen LogP contribution in [0.25, 0.3) is 6.08 Å². The summed E-state index contributed by atoms with van der Waals surface area (Å²) in [5, 5.41) is 2.65. The van der Waals surface area contributed by atoms with E-state index in [1.807, 2.05) is 6.07 Å². The normalized spacial score (nSPS) is 10.9. The summed E-state index contributed by atoms with van der Waals surface area (Å²) in [5.41, 5.74) is 1.13. The topological polar surface area (TPSA) is 51.2 Å². The van der Waals surface area contributed by atoms with Crippen LogP contribution >= 0.6 is 0 Å². The molecule has 0 atom stereocenters. The van der Waals surface area contributed by atoms with Gasteiger partial charge in [0.15, 0.2) is 0 Å². The van der Waals surface area contributed by atoms with Crippen molar-refractivity contribution in [3.05, 3.63) is 66.0 Å². The van der Waals surface area contributed by atoms with Gasteiger partial charge in [0.2, 0.25) is 5.91 Å². The lowest BCUT2D eigenvalue weighted by Gasteiger charge is -2.07. The average Bonchev–Trinajstić information content (AvgIpc) is 2.52. The molecular weight excluding hydrogens is 290 g/mol. The molecule has 2 aromatic rings. The number of alkyl halides is 2. The van der Waals surface area contributed by atoms with Gasteiger partial charge >= 0.3 is 6.61 Å². The number of aromatic nitrogens is 1. The van der Waals surface area contributed by atoms with Crippen LogP contribution in [0.5, 0.6) is 5.75 Å². The fraction of sp³-hybridized carbons (Fsp3) is 0.125. The van der Waals surface area contributed by atoms with E-state index in [-0.39, 0.29) is 11.7 Å². The summed E-state index contributed by atoms with van der Waals surface area (Å²) in [7, 11) is 0. The highest BCUT2D eigenvalue weighted by Crippen LogP contribution is 2.21. The molecule has 0 spiro atoms. The van der Waals surface area contributed by atoms with E-state index in [0.29, 0.717) is 12.1 Å². The Balaban J connectivity index is 1.95. The molecule has 2 rings (SSSR count). The minimum atomic E-state index is -2.91. The molecule has 0 aliphatic carbocycles. The van der Waals surface area contributed by atoms with E-state index in [2.05, 4.69) is 15.0 Å². The summed E-state index contributed by atoms with van der Waals surface area (Å²) >= 11 is 0. The summed E-state index contributed by atoms with van der Waals surface area (Å²) in [5.74, 6) is -0.330. The molecule has 1 amide bonds. The quantitative estimate of drug-likeness (QED) is 0.835. The molecule has 0 saturated carbocycles. The summed E-state index contributed by atoms with van der Waals surface area (Å²) in [6.45, 7) is -2.62. The predicted octanol–water partition coefficient (Wildman–Crippen LogP) is 3.01. The second-order valence-electron chi connectivity index (χ2n) is 4.29. The molecule has 0 aliphatic rings. The summed E-state index contributed by atoms with van der Waals surface area (Å²) in [6.07, 6.45) is 4.32. The van der Waals surface area contributed by atoms with Crippen LogP contribution in [0, 0.1) is 0 Å². The van der Waals surface area contributed by atoms with Crippen molar-refractivity contribution in [3.8, 4) is 5.75 Å². The number of hydrogen-bond acceptors (Lipinski definition) is 3. The fourth-order valence-electron chi connectivity index (χ4n) is 1.73. The van der Waals surface area contributed by atoms with Gasteiger partial charge in [-0.2, -0.15) is 8.78 Å². The number of carbonyl (C=O) groups excluding carboxylic acids is 1. The SMILES string of the molecule is O=C(/C=C/c1ccccc1OC(F)F)NCc1ccccn1. The Morgan fingerprint density at radius 1 is 1.23 bits per heavy atom. The molecule has 22 heavy (non-hydrogen) atoms. The Morgan fingerprint density at radius 3 is 2.73 bits per heavy atom. The van der Waals surface area contributed by atoms with Crippen molar-refractivity contribution in [1.29, 1.82) is 0 Å². The maximum Gasteiger partial charge on any atom is 0.387 e. The van der Waals surface area contributed by atoms with E-state index in [1.54, 1.807) is 36.5 Å². The van der Waals surface area contributed by atoms with E-state index in [1.165, 1.54) is 18.2 Å². The van der Waals surface area contributed by atoms with Gasteiger partial charge in [-0.05, 0) is 24.3 Å². The number of halogens is 2. The zero-order valence-electron chi connectivity index (χ0n) is 11.6. The van der Waals surface area contributed by atoms with Gasteiger partial charge in [-0.3, -0.25) is 9.78 Å². The van der Waals surface area contributed by atoms with Crippen LogP contribution in [-0.4, -0.2) is 17.5 Å². The summed E-state index contributed by atoms with van der Waals surface area (Å²) in [4.78, 5) is 15.8. The lowest BCUT2D eigenvalue weighted by Crippen LogP contribution is -2.20. The standard InChI is InChI=1S/C16H14F2N2O2/c17-16(18)22-14-7-2-1-5-12(14)8-9-15(21)20-11-13-6-3-4-10-19-13/h1-10,16H,11H2,(H,20,21)/b9-8+. The number of para-hydroxylation sites is 1. The number of benzene rings is 1. The largest absolute Gasteiger partial charge is 0.434 e. The number of nitrogens with one attached hydrogen (secondary N) is 1. The average molecular weight is 304 g/mol. The van der Waals surface area contributed by atoms with E-state index in [9.17, 15) is 13.6 Å². The third-order valence-corrected chi connectivity index (χ3v) is 2.72. The predicted molar refractivity (Wildman–Crippen MR) is 78.2 cm³/mol. The van der Waals surface area contributed by atoms with Gasteiger partial charge in [0.05, 0.1) is 12.2 Å². The molecule has 0 bridgehead atoms. The number of nitrogens with zero attached hydrogens (tertiary/aromatic N) is 1. The van der Waals surface area contributed by atoms with Crippen LogP contribution in [-0.2, 0) is 11.3 Å². The molecule has 0 saturated heterocycles. The molecule has 1 aromatic heterocycles. The number of pyridine rings is 1. The van der Waals surface area contributed by atoms with Gasteiger partial charge in [0.25, 0.3) is 0 Å². The highest BCUT2D eigenvalue weighted by atomic mass is 19.3. The van der Waals surface area contributed by atoms with Gasteiger partial charge in [-0.1, -0.05) is 24.3 Å². The lowest BCUT2D eigenvalue weighted by molar-refractivity contribution is -0.116. The highest BCUT2D eigenvalue weighted by Gasteiger charge is 2.07. The minimum Gasteiger partial charge on any atom is -0.434 e. The third-order valence-electron chi connectivity index (χ3n) is 2.72. The van der Waals surface area contributed by atoms with E-state index in [4.69, 9.17) is 0 Å². The second-order valence-corrected chi connectivity index (χ2v) is 4.29. The van der Waals surface area contributed by atoms with Crippen molar-refractivity contribution < 1.29 is 18.3 Å². The maximum absolute atomic E-state index is 12.3. The first-order valence-corrected chi connectivity index (χ1v) is 6.55. The molecular formula is C16H14F2N2O2. The van der Waals surface area contributed by atoms with E-state index < -0.39 is 6.61 Å². The monoisotopic (exact) mass is 304 g/mol. The van der Waals surface area contributed by atoms with Gasteiger partial charge < -0.3 is 10.1 Å². The molecule has 1 heterocycles. The van der Waals surface area contributed by atoms with Gasteiger partial charge in [-0.25, -0.2) is 0 Å². The molecule has 0 unspecified atom stereocenters. The smallest absolute Gasteiger partial charge is 0.387 e. The Bertz CT molecular complexity index is 646. The number of ether oxygens (including phenoxy) is 1. The van der Waals surface area contributed by atoms with Crippen molar-refractivity contribution in [1.82, 2.24) is 10.3 Å². The van der Waals surface area contributed by atoms with Gasteiger partial charge in [-0.15, -0.1) is 0 Å². The van der Waals surface area contributed by atoms with Crippen LogP contribution in [0.15, 0.2) is 54.7 Å². The molecule has 6 heteroatoms. The summed E-state index contributed by atoms with van der Waals surface area (Å²) < 4.78 is 28.9. The Morgan fingerprint density at radius 2 is 2.00 bits per heavy atom. The maximum atomic E-state index is 12.3. The molecule has 1 N–H and O–H groups in total. The molecule has 0 fully saturated rings. The third kappa shape index (κ3) is 4.97. The van der Waals surface area contributed by atoms with Gasteiger partial charge in [0, 0.05) is 17.8 Å². The Labute approximate surface area is 126 Å². The lowest BCUT2D eigenvalue weighted by atomic mass is 10.2. The number of carbonyl (C=O) groups is 1. The Hall–Kier alpha value is -2.76. The van der Waals surface area contributed by atoms with E-state index >= 15 is 0 Å². The van der Waals surface area contributed by atoms with Crippen LogP contribution in [0.4, 0.5) is 8.78 Å². The molecule has 114 valence electrons. The van der Waals surface area contributed by atoms with Crippen LogP contribution in [0.3, 0.4) is 0 Å². The molecule has 0 radical (unpaired) electrons. The molecule has 0 aliphatic heterocycles. The highest BCUT2D eigenvalue weighted by molar-refractivity contribution is 5.92. The zero-order valence-corrected chi connectivity index (χ0v) is 11.6. The minimum absolute atomic E-state index is 0.0197. The first kappa shape index (κ1) is 15.6. The van der Waals surface area contributed by atoms with E-state index in [0.717, 1.165) is 5.69 Å². The number of rotatable bonds is 6. The van der Waals surface area contributed by atoms with Crippen molar-refractivity contribution in [3.63, 3.8) is 0 Å². The second kappa shape index (κ2) is 7.87. The zero-order chi connectivity index (χ0) is 15.8. The summed E-state index contributed by atoms with van der Waals surface area (Å²) in [6, 6.07) is 11.6. The van der Waals surface area contributed by atoms with Crippen molar-refractivity contribution in [2.75, 3.05) is 0 Å². The first-order chi connectivity index (χ1) is 10.6. The van der Waals surface area contributed by atoms with Crippen LogP contribution < -0.4 is 10.1 Å². The molecule has 1 aromatic carbocycles. The fourth-order valence-corrected chi connectivity index (χ4v) is 1.73. The number of hydrogen-bond donors (Lipinski definition) is 1. The van der Waals surface area contributed by atoms with Crippen LogP contribution in [0.2, 0.25) is 0 Å². The molecule has 4 nitrogen and oxygen atoms in total. The van der Waals surface area contributed by atoms with Gasteiger partial charge in [0.1, 0.15) is 5.75 Å². The number of amides is 1. The Kier molecular flexibility index (Phi) is 5.59.